The number of anilines is 1. The Morgan fingerprint density at radius 1 is 1.00 bits per heavy atom. The summed E-state index contributed by atoms with van der Waals surface area (Å²) in [5.74, 6) is 0.519. The van der Waals surface area contributed by atoms with E-state index < -0.39 is 5.41 Å². The van der Waals surface area contributed by atoms with Crippen molar-refractivity contribution in [2.45, 2.75) is 38.0 Å². The molecule has 0 bridgehead atoms. The number of rotatable bonds is 4. The largest absolute Gasteiger partial charge is 0.371 e. The molecule has 4 heterocycles. The molecule has 1 N–H and O–H groups in total. The lowest BCUT2D eigenvalue weighted by molar-refractivity contribution is 0.506. The molecule has 6 nitrogen and oxygen atoms in total. The topological polar surface area (TPSA) is 81.5 Å². The van der Waals surface area contributed by atoms with Crippen molar-refractivity contribution in [3.63, 3.8) is 0 Å². The van der Waals surface area contributed by atoms with Gasteiger partial charge in [-0.05, 0) is 68.0 Å². The summed E-state index contributed by atoms with van der Waals surface area (Å²) in [4.78, 5) is 11.3. The molecule has 178 valence electrons. The van der Waals surface area contributed by atoms with E-state index in [0.29, 0.717) is 5.92 Å². The monoisotopic (exact) mass is 472 g/mol. The minimum atomic E-state index is -0.523. The summed E-state index contributed by atoms with van der Waals surface area (Å²) in [6.07, 6.45) is 7.83. The molecule has 6 heteroatoms. The molecular weight excluding hydrogens is 444 g/mol. The molecule has 1 saturated heterocycles. The molecule has 2 aromatic carbocycles. The first-order valence-electron chi connectivity index (χ1n) is 12.5. The van der Waals surface area contributed by atoms with Gasteiger partial charge in [-0.15, -0.1) is 0 Å². The lowest BCUT2D eigenvalue weighted by Crippen LogP contribution is -2.32. The van der Waals surface area contributed by atoms with Gasteiger partial charge in [0.05, 0.1) is 28.7 Å². The SMILES string of the molecule is CC(C)(C#N)c1ccc(-c2n[nH]c3cnc4ccc(C5CCN(c6ccncc6)CC5)cc4c23)cc1. The zero-order valence-corrected chi connectivity index (χ0v) is 20.6. The van der Waals surface area contributed by atoms with Crippen molar-refractivity contribution in [2.24, 2.45) is 0 Å². The van der Waals surface area contributed by atoms with Crippen LogP contribution in [0.25, 0.3) is 33.1 Å². The van der Waals surface area contributed by atoms with Crippen LogP contribution in [-0.4, -0.2) is 33.3 Å². The van der Waals surface area contributed by atoms with Crippen molar-refractivity contribution in [3.05, 3.63) is 84.3 Å². The molecule has 0 atom stereocenters. The van der Waals surface area contributed by atoms with Gasteiger partial charge in [0, 0.05) is 47.5 Å². The first-order valence-corrected chi connectivity index (χ1v) is 12.5. The number of hydrogen-bond donors (Lipinski definition) is 1. The van der Waals surface area contributed by atoms with E-state index in [9.17, 15) is 5.26 Å². The van der Waals surface area contributed by atoms with Gasteiger partial charge in [-0.3, -0.25) is 15.1 Å². The fourth-order valence-electron chi connectivity index (χ4n) is 5.32. The standard InChI is InChI=1S/C30H28N6/c1-30(2,19-31)23-6-3-21(4-7-23)29-28-25-17-22(5-8-26(25)33-18-27(28)34-35-29)20-11-15-36(16-12-20)24-9-13-32-14-10-24/h3-10,13-14,17-18,20H,11-12,15-16H2,1-2H3,(H,34,35). The first kappa shape index (κ1) is 22.2. The molecule has 1 aliphatic heterocycles. The number of H-pyrrole nitrogens is 1. The van der Waals surface area contributed by atoms with Gasteiger partial charge in [-0.25, -0.2) is 0 Å². The molecule has 0 radical (unpaired) electrons. The average Bonchev–Trinajstić information content (AvgIpc) is 3.38. The number of nitriles is 1. The Morgan fingerprint density at radius 2 is 1.75 bits per heavy atom. The third kappa shape index (κ3) is 3.87. The summed E-state index contributed by atoms with van der Waals surface area (Å²) in [5.41, 5.74) is 6.95. The molecule has 0 unspecified atom stereocenters. The summed E-state index contributed by atoms with van der Waals surface area (Å²) in [6.45, 7) is 5.96. The quantitative estimate of drug-likeness (QED) is 0.329. The summed E-state index contributed by atoms with van der Waals surface area (Å²) >= 11 is 0. The Hall–Kier alpha value is -4.24. The highest BCUT2D eigenvalue weighted by atomic mass is 15.1. The maximum absolute atomic E-state index is 9.49. The van der Waals surface area contributed by atoms with E-state index in [2.05, 4.69) is 68.6 Å². The second-order valence-electron chi connectivity index (χ2n) is 10.2. The third-order valence-corrected chi connectivity index (χ3v) is 7.57. The Labute approximate surface area is 210 Å². The highest BCUT2D eigenvalue weighted by Crippen LogP contribution is 2.36. The van der Waals surface area contributed by atoms with Gasteiger partial charge < -0.3 is 4.90 Å². The first-order chi connectivity index (χ1) is 17.5. The summed E-state index contributed by atoms with van der Waals surface area (Å²) < 4.78 is 0. The Kier molecular flexibility index (Phi) is 5.41. The van der Waals surface area contributed by atoms with Crippen LogP contribution < -0.4 is 4.90 Å². The van der Waals surface area contributed by atoms with Crippen LogP contribution >= 0.6 is 0 Å². The van der Waals surface area contributed by atoms with E-state index in [1.54, 1.807) is 0 Å². The molecule has 6 rings (SSSR count). The van der Waals surface area contributed by atoms with Gasteiger partial charge in [0.25, 0.3) is 0 Å². The number of piperidine rings is 1. The fourth-order valence-corrected chi connectivity index (χ4v) is 5.32. The average molecular weight is 473 g/mol. The molecule has 0 amide bonds. The van der Waals surface area contributed by atoms with Gasteiger partial charge in [-0.2, -0.15) is 10.4 Å². The van der Waals surface area contributed by atoms with Crippen LogP contribution in [0.15, 0.2) is 73.2 Å². The van der Waals surface area contributed by atoms with E-state index in [4.69, 9.17) is 4.98 Å². The number of nitrogens with one attached hydrogen (secondary N) is 1. The van der Waals surface area contributed by atoms with E-state index in [1.807, 2.05) is 44.6 Å². The number of aromatic nitrogens is 4. The van der Waals surface area contributed by atoms with E-state index in [0.717, 1.165) is 64.6 Å². The van der Waals surface area contributed by atoms with Crippen molar-refractivity contribution in [3.8, 4) is 17.3 Å². The Bertz CT molecular complexity index is 1570. The second kappa shape index (κ2) is 8.76. The number of nitrogens with zero attached hydrogens (tertiary/aromatic N) is 5. The zero-order chi connectivity index (χ0) is 24.7. The van der Waals surface area contributed by atoms with Gasteiger partial charge in [-0.1, -0.05) is 30.3 Å². The number of benzene rings is 2. The number of aromatic amines is 1. The van der Waals surface area contributed by atoms with E-state index >= 15 is 0 Å². The number of hydrogen-bond acceptors (Lipinski definition) is 5. The maximum atomic E-state index is 9.49. The van der Waals surface area contributed by atoms with Gasteiger partial charge >= 0.3 is 0 Å². The normalized spacial score (nSPS) is 14.9. The number of fused-ring (bicyclic) bond motifs is 3. The summed E-state index contributed by atoms with van der Waals surface area (Å²) in [6, 6.07) is 21.5. The lowest BCUT2D eigenvalue weighted by atomic mass is 9.85. The maximum Gasteiger partial charge on any atom is 0.101 e. The van der Waals surface area contributed by atoms with E-state index in [-0.39, 0.29) is 0 Å². The third-order valence-electron chi connectivity index (χ3n) is 7.57. The molecule has 1 aliphatic rings. The van der Waals surface area contributed by atoms with Crippen molar-refractivity contribution >= 4 is 27.5 Å². The second-order valence-corrected chi connectivity index (χ2v) is 10.2. The summed E-state index contributed by atoms with van der Waals surface area (Å²) in [5, 5.41) is 19.6. The molecule has 0 saturated carbocycles. The molecule has 0 aliphatic carbocycles. The van der Waals surface area contributed by atoms with Crippen LogP contribution in [0.2, 0.25) is 0 Å². The molecule has 36 heavy (non-hydrogen) atoms. The minimum Gasteiger partial charge on any atom is -0.371 e. The Morgan fingerprint density at radius 3 is 2.47 bits per heavy atom. The minimum absolute atomic E-state index is 0.519. The molecule has 1 fully saturated rings. The molecule has 0 spiro atoms. The predicted molar refractivity (Wildman–Crippen MR) is 144 cm³/mol. The van der Waals surface area contributed by atoms with Crippen LogP contribution in [0.4, 0.5) is 5.69 Å². The van der Waals surface area contributed by atoms with E-state index in [1.165, 1.54) is 11.3 Å². The fraction of sp³-hybridized carbons (Fsp3) is 0.267. The van der Waals surface area contributed by atoms with Crippen LogP contribution in [0.3, 0.4) is 0 Å². The smallest absolute Gasteiger partial charge is 0.101 e. The predicted octanol–water partition coefficient (Wildman–Crippen LogP) is 6.36. The van der Waals surface area contributed by atoms with Gasteiger partial charge in [0.2, 0.25) is 0 Å². The highest BCUT2D eigenvalue weighted by molar-refractivity contribution is 6.11. The van der Waals surface area contributed by atoms with Gasteiger partial charge in [0.15, 0.2) is 0 Å². The van der Waals surface area contributed by atoms with Crippen LogP contribution in [0.1, 0.15) is 43.7 Å². The molecule has 3 aromatic heterocycles. The van der Waals surface area contributed by atoms with Crippen LogP contribution in [0.5, 0.6) is 0 Å². The summed E-state index contributed by atoms with van der Waals surface area (Å²) in [7, 11) is 0. The number of pyridine rings is 2. The molecular formula is C30H28N6. The molecule has 5 aromatic rings. The Balaban J connectivity index is 1.34. The van der Waals surface area contributed by atoms with Gasteiger partial charge in [0.1, 0.15) is 5.69 Å². The van der Waals surface area contributed by atoms with Crippen molar-refractivity contribution in [2.75, 3.05) is 18.0 Å². The van der Waals surface area contributed by atoms with Crippen molar-refractivity contribution in [1.82, 2.24) is 20.2 Å². The van der Waals surface area contributed by atoms with Crippen molar-refractivity contribution < 1.29 is 0 Å². The lowest BCUT2D eigenvalue weighted by Gasteiger charge is -2.33. The zero-order valence-electron chi connectivity index (χ0n) is 20.6. The van der Waals surface area contributed by atoms with Crippen LogP contribution in [0, 0.1) is 11.3 Å². The van der Waals surface area contributed by atoms with Crippen LogP contribution in [-0.2, 0) is 5.41 Å². The van der Waals surface area contributed by atoms with Crippen molar-refractivity contribution in [1.29, 1.82) is 5.26 Å². The highest BCUT2D eigenvalue weighted by Gasteiger charge is 2.23.